The molecule has 1 heterocycles. The van der Waals surface area contributed by atoms with E-state index in [2.05, 4.69) is 5.32 Å². The van der Waals surface area contributed by atoms with Crippen LogP contribution in [0.4, 0.5) is 16.2 Å². The number of halogens is 1. The molecule has 1 fully saturated rings. The summed E-state index contributed by atoms with van der Waals surface area (Å²) in [6.45, 7) is 3.77. The van der Waals surface area contributed by atoms with Crippen LogP contribution in [0.15, 0.2) is 54.6 Å². The SMILES string of the molecule is CC(C)(C)C(=O)C(Cl)(OCN1C(=O)CN(Cc2ccccc2)C1=O)C(=O)Nc1cccc([N+](=O)[O-])c1. The number of imide groups is 1. The third kappa shape index (κ3) is 5.86. The molecule has 4 amide bonds. The van der Waals surface area contributed by atoms with Gasteiger partial charge in [-0.2, -0.15) is 0 Å². The third-order valence-corrected chi connectivity index (χ3v) is 5.77. The minimum atomic E-state index is -2.63. The van der Waals surface area contributed by atoms with E-state index in [0.29, 0.717) is 0 Å². The summed E-state index contributed by atoms with van der Waals surface area (Å²) in [6, 6.07) is 13.4. The van der Waals surface area contributed by atoms with E-state index >= 15 is 0 Å². The normalized spacial score (nSPS) is 15.6. The highest BCUT2D eigenvalue weighted by Gasteiger charge is 2.51. The Bertz CT molecular complexity index is 1200. The molecule has 3 rings (SSSR count). The zero-order valence-electron chi connectivity index (χ0n) is 19.9. The second kappa shape index (κ2) is 10.4. The minimum Gasteiger partial charge on any atom is -0.324 e. The van der Waals surface area contributed by atoms with Crippen LogP contribution < -0.4 is 5.32 Å². The van der Waals surface area contributed by atoms with Crippen LogP contribution in [0.3, 0.4) is 0 Å². The van der Waals surface area contributed by atoms with Gasteiger partial charge in [0.15, 0.2) is 5.78 Å². The molecule has 0 bridgehead atoms. The number of carbonyl (C=O) groups is 4. The van der Waals surface area contributed by atoms with Crippen molar-refractivity contribution >= 4 is 46.6 Å². The predicted octanol–water partition coefficient (Wildman–Crippen LogP) is 3.52. The lowest BCUT2D eigenvalue weighted by Crippen LogP contribution is -2.53. The lowest BCUT2D eigenvalue weighted by Gasteiger charge is -2.31. The standard InChI is InChI=1S/C24H25ClN4O7/c1-23(2,3)20(31)24(25,21(32)26-17-10-7-11-18(12-17)29(34)35)36-15-28-19(30)14-27(22(28)33)13-16-8-5-4-6-9-16/h4-12H,13-15H2,1-3H3,(H,26,32). The molecule has 2 aromatic rings. The molecule has 190 valence electrons. The molecule has 0 spiro atoms. The number of anilines is 1. The lowest BCUT2D eigenvalue weighted by molar-refractivity contribution is -0.384. The molecule has 1 unspecified atom stereocenters. The summed E-state index contributed by atoms with van der Waals surface area (Å²) in [5.74, 6) is -2.54. The van der Waals surface area contributed by atoms with Crippen molar-refractivity contribution in [2.24, 2.45) is 5.41 Å². The highest BCUT2D eigenvalue weighted by Crippen LogP contribution is 2.32. The Morgan fingerprint density at radius 3 is 2.39 bits per heavy atom. The third-order valence-electron chi connectivity index (χ3n) is 5.32. The number of non-ortho nitro benzene ring substituents is 1. The first-order valence-electron chi connectivity index (χ1n) is 10.9. The van der Waals surface area contributed by atoms with Crippen LogP contribution in [0.5, 0.6) is 0 Å². The fraction of sp³-hybridized carbons (Fsp3) is 0.333. The van der Waals surface area contributed by atoms with Gasteiger partial charge >= 0.3 is 6.03 Å². The number of nitrogens with zero attached hydrogens (tertiary/aromatic N) is 3. The maximum atomic E-state index is 13.1. The fourth-order valence-corrected chi connectivity index (χ4v) is 3.81. The zero-order chi connectivity index (χ0) is 26.7. The van der Waals surface area contributed by atoms with Crippen molar-refractivity contribution in [1.82, 2.24) is 9.80 Å². The van der Waals surface area contributed by atoms with Crippen LogP contribution in [-0.4, -0.2) is 56.7 Å². The number of nitrogens with one attached hydrogen (secondary N) is 1. The van der Waals surface area contributed by atoms with Gasteiger partial charge in [-0.05, 0) is 11.6 Å². The summed E-state index contributed by atoms with van der Waals surface area (Å²) in [5.41, 5.74) is -0.623. The van der Waals surface area contributed by atoms with Crippen molar-refractivity contribution in [2.45, 2.75) is 32.4 Å². The number of Topliss-reactive ketones (excluding diaryl/α,β-unsaturated/α-hetero) is 1. The van der Waals surface area contributed by atoms with Crippen molar-refractivity contribution in [3.8, 4) is 0 Å². The lowest BCUT2D eigenvalue weighted by atomic mass is 9.87. The van der Waals surface area contributed by atoms with Crippen LogP contribution in [-0.2, 0) is 25.7 Å². The largest absolute Gasteiger partial charge is 0.329 e. The van der Waals surface area contributed by atoms with Crippen LogP contribution in [0.1, 0.15) is 26.3 Å². The first-order valence-corrected chi connectivity index (χ1v) is 11.3. The maximum absolute atomic E-state index is 13.1. The van der Waals surface area contributed by atoms with Gasteiger partial charge in [0.1, 0.15) is 13.3 Å². The molecule has 1 N–H and O–H groups in total. The average molecular weight is 517 g/mol. The second-order valence-corrected chi connectivity index (χ2v) is 9.69. The molecule has 0 aromatic heterocycles. The van der Waals surface area contributed by atoms with E-state index in [0.717, 1.165) is 16.5 Å². The van der Waals surface area contributed by atoms with Gasteiger partial charge in [0.25, 0.3) is 22.6 Å². The van der Waals surface area contributed by atoms with Crippen LogP contribution in [0.25, 0.3) is 0 Å². The van der Waals surface area contributed by atoms with E-state index in [1.54, 1.807) is 24.3 Å². The number of hydrogen-bond acceptors (Lipinski definition) is 7. The number of alkyl halides is 1. The molecule has 36 heavy (non-hydrogen) atoms. The Balaban J connectivity index is 1.79. The van der Waals surface area contributed by atoms with Crippen molar-refractivity contribution in [3.63, 3.8) is 0 Å². The van der Waals surface area contributed by atoms with Gasteiger partial charge in [-0.3, -0.25) is 24.5 Å². The molecule has 1 atom stereocenters. The first kappa shape index (κ1) is 26.8. The molecular formula is C24H25ClN4O7. The highest BCUT2D eigenvalue weighted by molar-refractivity contribution is 6.47. The number of rotatable bonds is 9. The summed E-state index contributed by atoms with van der Waals surface area (Å²) >= 11 is 6.44. The number of nitro groups is 1. The quantitative estimate of drug-likeness (QED) is 0.177. The number of hydrogen-bond donors (Lipinski definition) is 1. The average Bonchev–Trinajstić information content (AvgIpc) is 3.09. The monoisotopic (exact) mass is 516 g/mol. The van der Waals surface area contributed by atoms with Gasteiger partial charge in [-0.15, -0.1) is 0 Å². The zero-order valence-corrected chi connectivity index (χ0v) is 20.7. The number of benzene rings is 2. The summed E-state index contributed by atoms with van der Waals surface area (Å²) in [7, 11) is 0. The fourth-order valence-electron chi connectivity index (χ4n) is 3.43. The summed E-state index contributed by atoms with van der Waals surface area (Å²) in [5, 5.41) is 10.8. The molecule has 12 heteroatoms. The number of urea groups is 1. The van der Waals surface area contributed by atoms with Crippen molar-refractivity contribution in [2.75, 3.05) is 18.6 Å². The maximum Gasteiger partial charge on any atom is 0.329 e. The minimum absolute atomic E-state index is 0.00638. The molecule has 1 aliphatic rings. The summed E-state index contributed by atoms with van der Waals surface area (Å²) < 4.78 is 5.48. The predicted molar refractivity (Wildman–Crippen MR) is 130 cm³/mol. The summed E-state index contributed by atoms with van der Waals surface area (Å²) in [6.07, 6.45) is 0. The van der Waals surface area contributed by atoms with Gasteiger partial charge in [0.2, 0.25) is 0 Å². The molecule has 2 aromatic carbocycles. The van der Waals surface area contributed by atoms with Gasteiger partial charge in [-0.25, -0.2) is 9.69 Å². The highest BCUT2D eigenvalue weighted by atomic mass is 35.5. The molecule has 0 saturated carbocycles. The van der Waals surface area contributed by atoms with Gasteiger partial charge in [-0.1, -0.05) is 68.8 Å². The van der Waals surface area contributed by atoms with E-state index in [-0.39, 0.29) is 24.5 Å². The smallest absolute Gasteiger partial charge is 0.324 e. The molecular weight excluding hydrogens is 492 g/mol. The Hall–Kier alpha value is -3.83. The Morgan fingerprint density at radius 1 is 1.11 bits per heavy atom. The molecule has 0 aliphatic carbocycles. The van der Waals surface area contributed by atoms with E-state index in [1.165, 1.54) is 43.9 Å². The molecule has 0 radical (unpaired) electrons. The molecule has 1 aliphatic heterocycles. The van der Waals surface area contributed by atoms with Crippen LogP contribution in [0, 0.1) is 15.5 Å². The number of amides is 4. The van der Waals surface area contributed by atoms with Crippen molar-refractivity contribution in [3.05, 3.63) is 70.3 Å². The van der Waals surface area contributed by atoms with E-state index in [1.807, 2.05) is 6.07 Å². The van der Waals surface area contributed by atoms with E-state index < -0.39 is 45.8 Å². The number of carbonyl (C=O) groups excluding carboxylic acids is 4. The van der Waals surface area contributed by atoms with Crippen LogP contribution in [0.2, 0.25) is 0 Å². The molecule has 1 saturated heterocycles. The van der Waals surface area contributed by atoms with Gasteiger partial charge in [0.05, 0.1) is 4.92 Å². The first-order chi connectivity index (χ1) is 16.8. The van der Waals surface area contributed by atoms with E-state index in [4.69, 9.17) is 16.3 Å². The molecule has 11 nitrogen and oxygen atoms in total. The van der Waals surface area contributed by atoms with Crippen molar-refractivity contribution < 1.29 is 28.8 Å². The van der Waals surface area contributed by atoms with Crippen molar-refractivity contribution in [1.29, 1.82) is 0 Å². The van der Waals surface area contributed by atoms with Gasteiger partial charge in [0, 0.05) is 29.8 Å². The topological polar surface area (TPSA) is 139 Å². The Kier molecular flexibility index (Phi) is 7.75. The Morgan fingerprint density at radius 2 is 1.78 bits per heavy atom. The van der Waals surface area contributed by atoms with Gasteiger partial charge < -0.3 is 15.0 Å². The number of ketones is 1. The number of nitro benzene ring substituents is 1. The van der Waals surface area contributed by atoms with Crippen LogP contribution >= 0.6 is 11.6 Å². The number of ether oxygens (including phenoxy) is 1. The second-order valence-electron chi connectivity index (χ2n) is 9.16. The van der Waals surface area contributed by atoms with E-state index in [9.17, 15) is 29.3 Å². The summed E-state index contributed by atoms with van der Waals surface area (Å²) in [4.78, 5) is 64.1. The Labute approximate surface area is 212 Å².